The molecule has 1 atom stereocenters. The minimum Gasteiger partial charge on any atom is -0.507 e. The van der Waals surface area contributed by atoms with Gasteiger partial charge in [-0.3, -0.25) is 0 Å². The largest absolute Gasteiger partial charge is 0.507 e. The van der Waals surface area contributed by atoms with E-state index in [1.54, 1.807) is 0 Å². The molecule has 0 aliphatic rings. The van der Waals surface area contributed by atoms with Crippen molar-refractivity contribution in [3.63, 3.8) is 0 Å². The molecule has 1 heteroatoms. The van der Waals surface area contributed by atoms with Gasteiger partial charge in [-0.25, -0.2) is 0 Å². The lowest BCUT2D eigenvalue weighted by atomic mass is 9.75. The van der Waals surface area contributed by atoms with Gasteiger partial charge in [-0.15, -0.1) is 0 Å². The van der Waals surface area contributed by atoms with Crippen molar-refractivity contribution in [2.24, 2.45) is 0 Å². The van der Waals surface area contributed by atoms with Gasteiger partial charge in [0.15, 0.2) is 0 Å². The molecule has 2 aromatic carbocycles. The molecule has 1 nitrogen and oxygen atoms in total. The Labute approximate surface area is 205 Å². The summed E-state index contributed by atoms with van der Waals surface area (Å²) >= 11 is 0. The zero-order valence-corrected chi connectivity index (χ0v) is 22.4. The summed E-state index contributed by atoms with van der Waals surface area (Å²) in [6.07, 6.45) is 14.8. The van der Waals surface area contributed by atoms with Gasteiger partial charge < -0.3 is 5.11 Å². The van der Waals surface area contributed by atoms with Crippen LogP contribution in [0.2, 0.25) is 0 Å². The Kier molecular flexibility index (Phi) is 11.5. The lowest BCUT2D eigenvalue weighted by Crippen LogP contribution is -2.20. The fourth-order valence-electron chi connectivity index (χ4n) is 4.97. The Bertz CT molecular complexity index is 803. The molecule has 0 bridgehead atoms. The van der Waals surface area contributed by atoms with Crippen LogP contribution in [-0.4, -0.2) is 5.11 Å². The van der Waals surface area contributed by atoms with Crippen LogP contribution >= 0.6 is 0 Å². The molecule has 1 N–H and O–H groups in total. The molecule has 0 heterocycles. The molecule has 0 spiro atoms. The maximum atomic E-state index is 11.2. The predicted molar refractivity (Wildman–Crippen MR) is 146 cm³/mol. The molecule has 2 aromatic rings. The van der Waals surface area contributed by atoms with E-state index >= 15 is 0 Å². The van der Waals surface area contributed by atoms with Crippen molar-refractivity contribution in [2.75, 3.05) is 0 Å². The first-order valence-corrected chi connectivity index (χ1v) is 13.7. The highest BCUT2D eigenvalue weighted by molar-refractivity contribution is 5.51. The second-order valence-corrected chi connectivity index (χ2v) is 11.0. The van der Waals surface area contributed by atoms with Crippen molar-refractivity contribution in [1.82, 2.24) is 0 Å². The minimum absolute atomic E-state index is 0.0931. The highest BCUT2D eigenvalue weighted by atomic mass is 16.3. The first-order chi connectivity index (χ1) is 15.8. The molecule has 1 unspecified atom stereocenters. The monoisotopic (exact) mass is 450 g/mol. The average molecular weight is 451 g/mol. The number of phenols is 1. The third-order valence-electron chi connectivity index (χ3n) is 7.53. The zero-order valence-electron chi connectivity index (χ0n) is 22.4. The van der Waals surface area contributed by atoms with Gasteiger partial charge in [0.25, 0.3) is 0 Å². The van der Waals surface area contributed by atoms with Gasteiger partial charge in [-0.2, -0.15) is 0 Å². The topological polar surface area (TPSA) is 20.2 Å². The first-order valence-electron chi connectivity index (χ1n) is 13.7. The van der Waals surface area contributed by atoms with Crippen LogP contribution in [0.15, 0.2) is 42.5 Å². The van der Waals surface area contributed by atoms with E-state index in [0.717, 1.165) is 17.5 Å². The fourth-order valence-corrected chi connectivity index (χ4v) is 4.97. The lowest BCUT2D eigenvalue weighted by Gasteiger charge is -2.29. The summed E-state index contributed by atoms with van der Waals surface area (Å²) in [6.45, 7) is 13.6. The van der Waals surface area contributed by atoms with Gasteiger partial charge in [0.1, 0.15) is 5.75 Å². The molecule has 0 saturated heterocycles. The van der Waals surface area contributed by atoms with Crippen LogP contribution in [0.5, 0.6) is 5.75 Å². The van der Waals surface area contributed by atoms with Crippen LogP contribution in [0.4, 0.5) is 0 Å². The molecule has 0 saturated carbocycles. The van der Waals surface area contributed by atoms with E-state index in [2.05, 4.69) is 84.0 Å². The van der Waals surface area contributed by atoms with E-state index in [9.17, 15) is 5.11 Å². The molecule has 33 heavy (non-hydrogen) atoms. The highest BCUT2D eigenvalue weighted by Crippen LogP contribution is 2.41. The number of benzene rings is 2. The van der Waals surface area contributed by atoms with E-state index in [4.69, 9.17) is 0 Å². The summed E-state index contributed by atoms with van der Waals surface area (Å²) in [7, 11) is 0. The molecular formula is C32H50O. The van der Waals surface area contributed by atoms with Crippen molar-refractivity contribution >= 4 is 0 Å². The first kappa shape index (κ1) is 27.5. The van der Waals surface area contributed by atoms with Crippen LogP contribution in [0.1, 0.15) is 146 Å². The molecule has 0 aliphatic heterocycles. The number of aromatic hydroxyl groups is 1. The quantitative estimate of drug-likeness (QED) is 0.267. The second-order valence-electron chi connectivity index (χ2n) is 11.0. The second kappa shape index (κ2) is 13.8. The molecule has 0 aliphatic carbocycles. The van der Waals surface area contributed by atoms with Crippen molar-refractivity contribution in [3.8, 4) is 5.75 Å². The summed E-state index contributed by atoms with van der Waals surface area (Å²) in [6, 6.07) is 15.3. The van der Waals surface area contributed by atoms with E-state index in [1.807, 2.05) is 0 Å². The Hall–Kier alpha value is -1.76. The molecule has 0 aromatic heterocycles. The normalized spacial score (nSPS) is 12.9. The predicted octanol–water partition coefficient (Wildman–Crippen LogP) is 10.3. The van der Waals surface area contributed by atoms with Crippen molar-refractivity contribution in [2.45, 2.75) is 129 Å². The van der Waals surface area contributed by atoms with Gasteiger partial charge in [0, 0.05) is 5.41 Å². The SMILES string of the molecule is CCCCCCCCCCCCC(C)c1cc(C(C)(C)c2ccccc2)cc(C(C)C)c1O. The van der Waals surface area contributed by atoms with Crippen LogP contribution < -0.4 is 0 Å². The van der Waals surface area contributed by atoms with Gasteiger partial charge in [-0.05, 0) is 40.5 Å². The Morgan fingerprint density at radius 1 is 0.697 bits per heavy atom. The number of unbranched alkanes of at least 4 members (excludes halogenated alkanes) is 9. The molecular weight excluding hydrogens is 400 g/mol. The van der Waals surface area contributed by atoms with Crippen molar-refractivity contribution in [1.29, 1.82) is 0 Å². The number of hydrogen-bond acceptors (Lipinski definition) is 1. The summed E-state index contributed by atoms with van der Waals surface area (Å²) in [4.78, 5) is 0. The van der Waals surface area contributed by atoms with Gasteiger partial charge in [0.05, 0.1) is 0 Å². The van der Waals surface area contributed by atoms with E-state index in [1.165, 1.54) is 75.3 Å². The van der Waals surface area contributed by atoms with Crippen molar-refractivity contribution in [3.05, 3.63) is 64.7 Å². The lowest BCUT2D eigenvalue weighted by molar-refractivity contribution is 0.446. The van der Waals surface area contributed by atoms with E-state index in [0.29, 0.717) is 17.6 Å². The van der Waals surface area contributed by atoms with E-state index in [-0.39, 0.29) is 5.41 Å². The third-order valence-corrected chi connectivity index (χ3v) is 7.53. The summed E-state index contributed by atoms with van der Waals surface area (Å²) in [5.74, 6) is 1.21. The maximum absolute atomic E-state index is 11.2. The molecule has 2 rings (SSSR count). The number of rotatable bonds is 15. The smallest absolute Gasteiger partial charge is 0.122 e. The molecule has 0 fully saturated rings. The van der Waals surface area contributed by atoms with Crippen LogP contribution in [0.25, 0.3) is 0 Å². The number of phenolic OH excluding ortho intramolecular Hbond substituents is 1. The average Bonchev–Trinajstić information content (AvgIpc) is 2.80. The van der Waals surface area contributed by atoms with Crippen LogP contribution in [0, 0.1) is 0 Å². The highest BCUT2D eigenvalue weighted by Gasteiger charge is 2.27. The minimum atomic E-state index is -0.0931. The van der Waals surface area contributed by atoms with Crippen LogP contribution in [0.3, 0.4) is 0 Å². The Morgan fingerprint density at radius 2 is 1.21 bits per heavy atom. The van der Waals surface area contributed by atoms with Gasteiger partial charge in [0.2, 0.25) is 0 Å². The molecule has 0 radical (unpaired) electrons. The van der Waals surface area contributed by atoms with Crippen molar-refractivity contribution < 1.29 is 5.11 Å². The van der Waals surface area contributed by atoms with Crippen LogP contribution in [-0.2, 0) is 5.41 Å². The summed E-state index contributed by atoms with van der Waals surface area (Å²) < 4.78 is 0. The summed E-state index contributed by atoms with van der Waals surface area (Å²) in [5.41, 5.74) is 4.75. The Balaban J connectivity index is 2.00. The molecule has 184 valence electrons. The molecule has 0 amide bonds. The van der Waals surface area contributed by atoms with Gasteiger partial charge >= 0.3 is 0 Å². The fraction of sp³-hybridized carbons (Fsp3) is 0.625. The zero-order chi connectivity index (χ0) is 24.3. The summed E-state index contributed by atoms with van der Waals surface area (Å²) in [5, 5.41) is 11.2. The van der Waals surface area contributed by atoms with Gasteiger partial charge in [-0.1, -0.05) is 148 Å². The standard InChI is InChI=1S/C32H50O/c1-7-8-9-10-11-12-13-14-15-17-20-26(4)30-24-28(23-29(25(2)3)31(30)33)32(5,6)27-21-18-16-19-22-27/h16,18-19,21-26,33H,7-15,17,20H2,1-6H3. The van der Waals surface area contributed by atoms with E-state index < -0.39 is 0 Å². The maximum Gasteiger partial charge on any atom is 0.122 e. The Morgan fingerprint density at radius 3 is 1.76 bits per heavy atom. The number of hydrogen-bond donors (Lipinski definition) is 1. The third kappa shape index (κ3) is 8.20.